The standard InChI is InChI=1S/C13H17N3S2/c1-8(2)11-15-12(14-4)9(3)13(16-11)18-10-6-5-7-17-10/h5-8H,1-4H3,(H,14,15,16). The van der Waals surface area contributed by atoms with Crippen LogP contribution in [-0.2, 0) is 0 Å². The van der Waals surface area contributed by atoms with Crippen molar-refractivity contribution in [1.29, 1.82) is 0 Å². The van der Waals surface area contributed by atoms with Gasteiger partial charge in [-0.1, -0.05) is 31.7 Å². The summed E-state index contributed by atoms with van der Waals surface area (Å²) in [7, 11) is 1.90. The Morgan fingerprint density at radius 3 is 2.67 bits per heavy atom. The van der Waals surface area contributed by atoms with Crippen molar-refractivity contribution < 1.29 is 0 Å². The first kappa shape index (κ1) is 13.4. The second kappa shape index (κ2) is 5.71. The highest BCUT2D eigenvalue weighted by Crippen LogP contribution is 2.34. The molecule has 96 valence electrons. The Hall–Kier alpha value is -1.07. The van der Waals surface area contributed by atoms with Crippen molar-refractivity contribution >= 4 is 28.9 Å². The molecule has 0 fully saturated rings. The molecule has 1 N–H and O–H groups in total. The van der Waals surface area contributed by atoms with Crippen LogP contribution in [0.5, 0.6) is 0 Å². The molecule has 0 aliphatic rings. The second-order valence-corrected chi connectivity index (χ2v) is 6.54. The molecule has 2 aromatic heterocycles. The number of thiophene rings is 1. The molecule has 0 aliphatic heterocycles. The van der Waals surface area contributed by atoms with Crippen molar-refractivity contribution in [2.24, 2.45) is 0 Å². The third-order valence-corrected chi connectivity index (χ3v) is 4.69. The molecule has 0 bridgehead atoms. The molecule has 0 atom stereocenters. The van der Waals surface area contributed by atoms with E-state index < -0.39 is 0 Å². The van der Waals surface area contributed by atoms with Gasteiger partial charge in [0, 0.05) is 18.5 Å². The number of hydrogen-bond donors (Lipinski definition) is 1. The molecule has 2 heterocycles. The Bertz CT molecular complexity index is 521. The molecule has 2 rings (SSSR count). The first-order chi connectivity index (χ1) is 8.61. The van der Waals surface area contributed by atoms with Gasteiger partial charge < -0.3 is 5.32 Å². The number of hydrogen-bond acceptors (Lipinski definition) is 5. The highest BCUT2D eigenvalue weighted by Gasteiger charge is 2.13. The van der Waals surface area contributed by atoms with E-state index in [0.29, 0.717) is 5.92 Å². The van der Waals surface area contributed by atoms with Crippen LogP contribution in [0.2, 0.25) is 0 Å². The summed E-state index contributed by atoms with van der Waals surface area (Å²) in [5.41, 5.74) is 1.11. The topological polar surface area (TPSA) is 37.8 Å². The van der Waals surface area contributed by atoms with Crippen molar-refractivity contribution in [3.05, 3.63) is 28.9 Å². The van der Waals surface area contributed by atoms with Crippen LogP contribution >= 0.6 is 23.1 Å². The smallest absolute Gasteiger partial charge is 0.134 e. The summed E-state index contributed by atoms with van der Waals surface area (Å²) in [6.45, 7) is 6.29. The zero-order chi connectivity index (χ0) is 13.1. The van der Waals surface area contributed by atoms with Crippen molar-refractivity contribution in [3.8, 4) is 0 Å². The van der Waals surface area contributed by atoms with E-state index in [1.54, 1.807) is 23.1 Å². The monoisotopic (exact) mass is 279 g/mol. The predicted molar refractivity (Wildman–Crippen MR) is 78.8 cm³/mol. The molecular formula is C13H17N3S2. The number of anilines is 1. The largest absolute Gasteiger partial charge is 0.373 e. The average Bonchev–Trinajstić information content (AvgIpc) is 2.84. The fourth-order valence-electron chi connectivity index (χ4n) is 1.53. The van der Waals surface area contributed by atoms with Gasteiger partial charge in [-0.25, -0.2) is 9.97 Å². The van der Waals surface area contributed by atoms with Crippen LogP contribution in [-0.4, -0.2) is 17.0 Å². The minimum atomic E-state index is 0.334. The van der Waals surface area contributed by atoms with Crippen LogP contribution in [0.25, 0.3) is 0 Å². The molecule has 18 heavy (non-hydrogen) atoms. The summed E-state index contributed by atoms with van der Waals surface area (Å²) in [4.78, 5) is 9.22. The third kappa shape index (κ3) is 2.84. The maximum absolute atomic E-state index is 4.67. The molecule has 3 nitrogen and oxygen atoms in total. The van der Waals surface area contributed by atoms with E-state index in [4.69, 9.17) is 0 Å². The maximum atomic E-state index is 4.67. The van der Waals surface area contributed by atoms with Gasteiger partial charge in [0.25, 0.3) is 0 Å². The van der Waals surface area contributed by atoms with E-state index in [1.807, 2.05) is 7.05 Å². The molecule has 0 amide bonds. The molecule has 5 heteroatoms. The third-order valence-electron chi connectivity index (χ3n) is 2.56. The van der Waals surface area contributed by atoms with Crippen LogP contribution in [0.4, 0.5) is 5.82 Å². The van der Waals surface area contributed by atoms with Gasteiger partial charge in [0.15, 0.2) is 0 Å². The second-order valence-electron chi connectivity index (χ2n) is 4.30. The summed E-state index contributed by atoms with van der Waals surface area (Å²) in [5, 5.41) is 6.28. The summed E-state index contributed by atoms with van der Waals surface area (Å²) in [6.07, 6.45) is 0. The van der Waals surface area contributed by atoms with Gasteiger partial charge in [-0.3, -0.25) is 0 Å². The molecule has 2 aromatic rings. The van der Waals surface area contributed by atoms with Gasteiger partial charge in [-0.05, 0) is 18.4 Å². The lowest BCUT2D eigenvalue weighted by Crippen LogP contribution is -2.05. The Morgan fingerprint density at radius 2 is 2.11 bits per heavy atom. The van der Waals surface area contributed by atoms with E-state index in [9.17, 15) is 0 Å². The average molecular weight is 279 g/mol. The van der Waals surface area contributed by atoms with Gasteiger partial charge in [0.1, 0.15) is 16.7 Å². The van der Waals surface area contributed by atoms with Gasteiger partial charge in [-0.15, -0.1) is 11.3 Å². The maximum Gasteiger partial charge on any atom is 0.134 e. The normalized spacial score (nSPS) is 10.9. The molecule has 0 aromatic carbocycles. The van der Waals surface area contributed by atoms with Crippen molar-refractivity contribution in [2.45, 2.75) is 35.9 Å². The zero-order valence-electron chi connectivity index (χ0n) is 11.0. The van der Waals surface area contributed by atoms with Gasteiger partial charge in [-0.2, -0.15) is 0 Å². The lowest BCUT2D eigenvalue weighted by Gasteiger charge is -2.12. The Morgan fingerprint density at radius 1 is 1.33 bits per heavy atom. The Balaban J connectivity index is 2.41. The molecule has 0 saturated carbocycles. The first-order valence-electron chi connectivity index (χ1n) is 5.89. The molecular weight excluding hydrogens is 262 g/mol. The SMILES string of the molecule is CNc1nc(C(C)C)nc(Sc2cccs2)c1C. The van der Waals surface area contributed by atoms with Gasteiger partial charge in [0.05, 0.1) is 4.21 Å². The zero-order valence-corrected chi connectivity index (χ0v) is 12.7. The summed E-state index contributed by atoms with van der Waals surface area (Å²) in [6, 6.07) is 4.18. The van der Waals surface area contributed by atoms with Crippen molar-refractivity contribution in [1.82, 2.24) is 9.97 Å². The van der Waals surface area contributed by atoms with Crippen LogP contribution in [0.3, 0.4) is 0 Å². The van der Waals surface area contributed by atoms with Crippen LogP contribution in [0.1, 0.15) is 31.2 Å². The highest BCUT2D eigenvalue weighted by molar-refractivity contribution is 8.01. The highest BCUT2D eigenvalue weighted by atomic mass is 32.2. The van der Waals surface area contributed by atoms with Gasteiger partial charge >= 0.3 is 0 Å². The lowest BCUT2D eigenvalue weighted by atomic mass is 10.2. The number of aromatic nitrogens is 2. The van der Waals surface area contributed by atoms with E-state index in [-0.39, 0.29) is 0 Å². The Kier molecular flexibility index (Phi) is 4.24. The first-order valence-corrected chi connectivity index (χ1v) is 7.59. The van der Waals surface area contributed by atoms with Crippen molar-refractivity contribution in [2.75, 3.05) is 12.4 Å². The fraction of sp³-hybridized carbons (Fsp3) is 0.385. The van der Waals surface area contributed by atoms with E-state index in [2.05, 4.69) is 53.6 Å². The molecule has 0 radical (unpaired) electrons. The van der Waals surface area contributed by atoms with Crippen LogP contribution < -0.4 is 5.32 Å². The lowest BCUT2D eigenvalue weighted by molar-refractivity contribution is 0.750. The number of rotatable bonds is 4. The minimum absolute atomic E-state index is 0.334. The fourth-order valence-corrected chi connectivity index (χ4v) is 3.30. The summed E-state index contributed by atoms with van der Waals surface area (Å²) < 4.78 is 1.26. The van der Waals surface area contributed by atoms with Gasteiger partial charge in [0.2, 0.25) is 0 Å². The molecule has 0 spiro atoms. The van der Waals surface area contributed by atoms with E-state index in [1.165, 1.54) is 4.21 Å². The van der Waals surface area contributed by atoms with Crippen LogP contribution in [0, 0.1) is 6.92 Å². The van der Waals surface area contributed by atoms with Crippen molar-refractivity contribution in [3.63, 3.8) is 0 Å². The minimum Gasteiger partial charge on any atom is -0.373 e. The molecule has 0 aliphatic carbocycles. The number of nitrogens with one attached hydrogen (secondary N) is 1. The predicted octanol–water partition coefficient (Wildman–Crippen LogP) is 4.16. The number of nitrogens with zero attached hydrogens (tertiary/aromatic N) is 2. The summed E-state index contributed by atoms with van der Waals surface area (Å²) in [5.74, 6) is 2.15. The van der Waals surface area contributed by atoms with E-state index in [0.717, 1.165) is 22.2 Å². The molecule has 0 unspecified atom stereocenters. The molecule has 0 saturated heterocycles. The quantitative estimate of drug-likeness (QED) is 0.853. The van der Waals surface area contributed by atoms with Crippen LogP contribution in [0.15, 0.2) is 26.7 Å². The van der Waals surface area contributed by atoms with E-state index >= 15 is 0 Å². The summed E-state index contributed by atoms with van der Waals surface area (Å²) >= 11 is 3.45. The Labute approximate surface area is 116 Å².